The maximum atomic E-state index is 10.4. The fraction of sp³-hybridized carbons (Fsp3) is 1.00. The Morgan fingerprint density at radius 2 is 1.33 bits per heavy atom. The van der Waals surface area contributed by atoms with Gasteiger partial charge in [0.15, 0.2) is 0 Å². The summed E-state index contributed by atoms with van der Waals surface area (Å²) in [5.74, 6) is 0. The van der Waals surface area contributed by atoms with Gasteiger partial charge in [0.2, 0.25) is 0 Å². The first-order valence-electron chi connectivity index (χ1n) is 4.07. The summed E-state index contributed by atoms with van der Waals surface area (Å²) < 4.78 is 18.9. The molecule has 0 aliphatic rings. The van der Waals surface area contributed by atoms with Gasteiger partial charge in [-0.25, -0.2) is 0 Å². The van der Waals surface area contributed by atoms with Crippen molar-refractivity contribution < 1.29 is 23.8 Å². The summed E-state index contributed by atoms with van der Waals surface area (Å²) in [6.07, 6.45) is 0.590. The van der Waals surface area contributed by atoms with Gasteiger partial charge in [-0.3, -0.25) is 0 Å². The Hall–Kier alpha value is 1.27. The second kappa shape index (κ2) is 17.7. The van der Waals surface area contributed by atoms with Crippen LogP contribution in [-0.4, -0.2) is 46.0 Å². The molecule has 0 unspecified atom stereocenters. The first-order valence-corrected chi connectivity index (χ1v) is 7.98. The molecule has 0 rings (SSSR count). The van der Waals surface area contributed by atoms with E-state index in [-0.39, 0.29) is 17.4 Å². The minimum Gasteiger partial charge on any atom is -0.598 e. The Morgan fingerprint density at radius 1 is 1.20 bits per heavy atom. The Kier molecular flexibility index (Phi) is 29.7. The minimum atomic E-state index is -3.37. The molecule has 0 N–H and O–H groups in total. The summed E-state index contributed by atoms with van der Waals surface area (Å²) in [5, 5.41) is 1.17. The Bertz CT molecular complexity index is 167. The van der Waals surface area contributed by atoms with Gasteiger partial charge in [-0.2, -0.15) is 0 Å². The van der Waals surface area contributed by atoms with Crippen molar-refractivity contribution in [2.24, 2.45) is 0 Å². The Balaban J connectivity index is -0.0000000654. The average Bonchev–Trinajstić information content (AvgIpc) is 2.05. The van der Waals surface area contributed by atoms with E-state index < -0.39 is 15.6 Å². The van der Waals surface area contributed by atoms with Crippen molar-refractivity contribution in [2.75, 3.05) is 12.3 Å². The molecule has 0 radical (unpaired) electrons. The van der Waals surface area contributed by atoms with Crippen molar-refractivity contribution in [1.29, 1.82) is 0 Å². The van der Waals surface area contributed by atoms with Gasteiger partial charge >= 0.3 is 45.9 Å². The van der Waals surface area contributed by atoms with Crippen LogP contribution >= 0.6 is 15.6 Å². The van der Waals surface area contributed by atoms with Crippen LogP contribution in [0.4, 0.5) is 0 Å². The third-order valence-electron chi connectivity index (χ3n) is 0.964. The number of hydrogen-bond donors (Lipinski definition) is 0. The van der Waals surface area contributed by atoms with Gasteiger partial charge in [0, 0.05) is 7.37 Å². The fourth-order valence-corrected chi connectivity index (χ4v) is 0.671. The summed E-state index contributed by atoms with van der Waals surface area (Å²) in [5.41, 5.74) is 0. The zero-order chi connectivity index (χ0) is 12.2. The molecular formula is C6H15Al2O5P2+3. The van der Waals surface area contributed by atoms with Gasteiger partial charge in [-0.15, -0.1) is 0 Å². The van der Waals surface area contributed by atoms with Gasteiger partial charge < -0.3 is 19.2 Å². The predicted octanol–water partition coefficient (Wildman–Crippen LogP) is -0.759. The van der Waals surface area contributed by atoms with Gasteiger partial charge in [-0.05, 0) is 12.3 Å². The smallest absolute Gasteiger partial charge is 0.598 e. The predicted molar refractivity (Wildman–Crippen MR) is 58.3 cm³/mol. The van der Waals surface area contributed by atoms with E-state index >= 15 is 0 Å². The number of hydrogen-bond acceptors (Lipinski definition) is 5. The summed E-state index contributed by atoms with van der Waals surface area (Å²) >= 11 is 2.58. The Labute approximate surface area is 111 Å². The molecular weight excluding hydrogens is 268 g/mol. The van der Waals surface area contributed by atoms with Crippen LogP contribution < -0.4 is 14.7 Å². The molecule has 0 aromatic rings. The van der Waals surface area contributed by atoms with Crippen molar-refractivity contribution in [2.45, 2.75) is 26.1 Å². The molecule has 0 saturated heterocycles. The van der Waals surface area contributed by atoms with Crippen molar-refractivity contribution in [3.8, 4) is 0 Å². The minimum absolute atomic E-state index is 0. The van der Waals surface area contributed by atoms with Crippen LogP contribution in [0.1, 0.15) is 20.8 Å². The molecule has 0 aromatic heterocycles. The van der Waals surface area contributed by atoms with Crippen molar-refractivity contribution in [3.63, 3.8) is 0 Å². The average molecular weight is 283 g/mol. The summed E-state index contributed by atoms with van der Waals surface area (Å²) in [6.45, 7) is 5.42. The molecule has 82 valence electrons. The second-order valence-corrected chi connectivity index (χ2v) is 6.24. The van der Waals surface area contributed by atoms with E-state index in [4.69, 9.17) is 14.4 Å². The molecule has 0 bridgehead atoms. The molecule has 0 aliphatic heterocycles. The molecule has 0 saturated carbocycles. The van der Waals surface area contributed by atoms with E-state index in [1.165, 1.54) is 5.28 Å². The summed E-state index contributed by atoms with van der Waals surface area (Å²) in [6, 6.07) is 0. The zero-order valence-electron chi connectivity index (χ0n) is 9.21. The molecule has 0 aliphatic carbocycles. The first kappa shape index (κ1) is 25.2. The van der Waals surface area contributed by atoms with Gasteiger partial charge in [0.25, 0.3) is 8.25 Å². The van der Waals surface area contributed by atoms with Gasteiger partial charge in [-0.1, -0.05) is 18.4 Å². The van der Waals surface area contributed by atoms with E-state index in [9.17, 15) is 9.46 Å². The third-order valence-corrected chi connectivity index (χ3v) is 2.89. The van der Waals surface area contributed by atoms with Crippen LogP contribution in [0.15, 0.2) is 0 Å². The zero-order valence-corrected chi connectivity index (χ0v) is 13.3. The van der Waals surface area contributed by atoms with Crippen molar-refractivity contribution >= 4 is 49.3 Å². The molecule has 5 nitrogen and oxygen atoms in total. The van der Waals surface area contributed by atoms with E-state index in [1.807, 2.05) is 0 Å². The van der Waals surface area contributed by atoms with Crippen LogP contribution in [-0.2, 0) is 9.13 Å². The number of rotatable bonds is 2. The molecule has 9 heteroatoms. The van der Waals surface area contributed by atoms with E-state index in [0.29, 0.717) is 12.3 Å². The summed E-state index contributed by atoms with van der Waals surface area (Å²) in [7, 11) is -6.27. The van der Waals surface area contributed by atoms with Gasteiger partial charge in [0.1, 0.15) is 0 Å². The summed E-state index contributed by atoms with van der Waals surface area (Å²) in [4.78, 5) is 27.4. The van der Waals surface area contributed by atoms with Crippen LogP contribution in [0, 0.1) is 0 Å². The maximum absolute atomic E-state index is 10.4. The maximum Gasteiger partial charge on any atom is 3.00 e. The van der Waals surface area contributed by atoms with Crippen LogP contribution in [0.3, 0.4) is 0 Å². The van der Waals surface area contributed by atoms with Crippen molar-refractivity contribution in [1.82, 2.24) is 0 Å². The largest absolute Gasteiger partial charge is 3.00 e. The van der Waals surface area contributed by atoms with Crippen molar-refractivity contribution in [3.05, 3.63) is 0 Å². The Morgan fingerprint density at radius 3 is 1.33 bits per heavy atom. The first-order chi connectivity index (χ1) is 6.27. The second-order valence-electron chi connectivity index (χ2n) is 2.08. The fourth-order valence-electron chi connectivity index (χ4n) is 0.224. The van der Waals surface area contributed by atoms with E-state index in [2.05, 4.69) is 23.2 Å². The quantitative estimate of drug-likeness (QED) is 0.489. The standard InChI is InChI=1S/C4H11O2P.C2H5.2Al.HO3P/c1-3-7(5,6)4-2;1-2;;;1-4(2)3/h3-4H2,1-2H3,(H,5,6);1H2,2H3;;;(H,1,2,3)/q;;+2;+3;/p-2. The molecule has 0 aromatic carbocycles. The van der Waals surface area contributed by atoms with Gasteiger partial charge in [0.05, 0.1) is 0 Å². The van der Waals surface area contributed by atoms with Crippen LogP contribution in [0.25, 0.3) is 0 Å². The monoisotopic (exact) mass is 283 g/mol. The third kappa shape index (κ3) is 50.9. The molecule has 0 atom stereocenters. The van der Waals surface area contributed by atoms with E-state index in [0.717, 1.165) is 0 Å². The van der Waals surface area contributed by atoms with Crippen LogP contribution in [0.5, 0.6) is 0 Å². The SMILES string of the molecule is CCP(=O)([O-])CC.C[CH2][Al+2].O=[P+]([O-])[O-].[Al+3]. The molecule has 0 amide bonds. The molecule has 0 heterocycles. The molecule has 15 heavy (non-hydrogen) atoms. The molecule has 0 spiro atoms. The van der Waals surface area contributed by atoms with Crippen LogP contribution in [0.2, 0.25) is 5.28 Å². The topological polar surface area (TPSA) is 103 Å². The van der Waals surface area contributed by atoms with E-state index in [1.54, 1.807) is 13.8 Å². The normalized spacial score (nSPS) is 8.53. The molecule has 0 fully saturated rings.